The summed E-state index contributed by atoms with van der Waals surface area (Å²) in [6.45, 7) is 4.14. The molecule has 0 heterocycles. The van der Waals surface area contributed by atoms with E-state index in [0.717, 1.165) is 6.42 Å². The second-order valence-electron chi connectivity index (χ2n) is 3.75. The van der Waals surface area contributed by atoms with Gasteiger partial charge in [-0.1, -0.05) is 6.08 Å². The SMILES string of the molecule is C=CCCNC(=O)c1cc(OC)c(OC)c(OC)c1. The van der Waals surface area contributed by atoms with Crippen LogP contribution in [-0.4, -0.2) is 33.8 Å². The van der Waals surface area contributed by atoms with Crippen LogP contribution in [-0.2, 0) is 0 Å². The highest BCUT2D eigenvalue weighted by molar-refractivity contribution is 5.95. The molecule has 1 amide bonds. The molecule has 5 nitrogen and oxygen atoms in total. The van der Waals surface area contributed by atoms with Crippen molar-refractivity contribution in [1.82, 2.24) is 5.32 Å². The Balaban J connectivity index is 3.01. The van der Waals surface area contributed by atoms with E-state index in [1.165, 1.54) is 21.3 Å². The molecule has 0 radical (unpaired) electrons. The molecule has 0 saturated heterocycles. The van der Waals surface area contributed by atoms with Gasteiger partial charge in [-0.2, -0.15) is 0 Å². The quantitative estimate of drug-likeness (QED) is 0.605. The molecule has 0 aromatic heterocycles. The summed E-state index contributed by atoms with van der Waals surface area (Å²) < 4.78 is 15.6. The maximum atomic E-state index is 12.0. The standard InChI is InChI=1S/C14H19NO4/c1-5-6-7-15-14(16)10-8-11(17-2)13(19-4)12(9-10)18-3/h5,8-9H,1,6-7H2,2-4H3,(H,15,16). The summed E-state index contributed by atoms with van der Waals surface area (Å²) in [4.78, 5) is 12.0. The molecule has 0 spiro atoms. The number of rotatable bonds is 7. The summed E-state index contributed by atoms with van der Waals surface area (Å²) in [6, 6.07) is 3.23. The molecule has 1 N–H and O–H groups in total. The highest BCUT2D eigenvalue weighted by atomic mass is 16.5. The van der Waals surface area contributed by atoms with E-state index in [1.54, 1.807) is 18.2 Å². The minimum atomic E-state index is -0.193. The number of carbonyl (C=O) groups is 1. The first-order valence-corrected chi connectivity index (χ1v) is 5.87. The molecule has 0 aliphatic carbocycles. The summed E-state index contributed by atoms with van der Waals surface area (Å²) >= 11 is 0. The normalized spacial score (nSPS) is 9.63. The first kappa shape index (κ1) is 14.9. The topological polar surface area (TPSA) is 56.8 Å². The van der Waals surface area contributed by atoms with Crippen molar-refractivity contribution in [3.05, 3.63) is 30.4 Å². The highest BCUT2D eigenvalue weighted by Crippen LogP contribution is 2.38. The molecule has 0 saturated carbocycles. The van der Waals surface area contributed by atoms with E-state index in [0.29, 0.717) is 29.4 Å². The molecule has 1 aromatic rings. The number of amides is 1. The van der Waals surface area contributed by atoms with Gasteiger partial charge in [-0.05, 0) is 18.6 Å². The summed E-state index contributed by atoms with van der Waals surface area (Å²) in [5.41, 5.74) is 0.457. The molecule has 19 heavy (non-hydrogen) atoms. The molecular formula is C14H19NO4. The number of ether oxygens (including phenoxy) is 3. The largest absolute Gasteiger partial charge is 0.493 e. The lowest BCUT2D eigenvalue weighted by Gasteiger charge is -2.13. The van der Waals surface area contributed by atoms with Gasteiger partial charge in [-0.3, -0.25) is 4.79 Å². The smallest absolute Gasteiger partial charge is 0.251 e. The van der Waals surface area contributed by atoms with Crippen molar-refractivity contribution < 1.29 is 19.0 Å². The van der Waals surface area contributed by atoms with Crippen LogP contribution < -0.4 is 19.5 Å². The minimum absolute atomic E-state index is 0.193. The van der Waals surface area contributed by atoms with Crippen LogP contribution in [0.5, 0.6) is 17.2 Å². The predicted octanol–water partition coefficient (Wildman–Crippen LogP) is 2.02. The fraction of sp³-hybridized carbons (Fsp3) is 0.357. The van der Waals surface area contributed by atoms with E-state index in [9.17, 15) is 4.79 Å². The Morgan fingerprint density at radius 3 is 2.21 bits per heavy atom. The summed E-state index contributed by atoms with van der Waals surface area (Å²) in [5, 5.41) is 2.78. The van der Waals surface area contributed by atoms with Crippen molar-refractivity contribution in [2.24, 2.45) is 0 Å². The Morgan fingerprint density at radius 2 is 1.79 bits per heavy atom. The van der Waals surface area contributed by atoms with Gasteiger partial charge >= 0.3 is 0 Å². The van der Waals surface area contributed by atoms with Crippen LogP contribution in [0.25, 0.3) is 0 Å². The first-order chi connectivity index (χ1) is 9.17. The second kappa shape index (κ2) is 7.31. The number of benzene rings is 1. The Morgan fingerprint density at radius 1 is 1.21 bits per heavy atom. The maximum absolute atomic E-state index is 12.0. The van der Waals surface area contributed by atoms with E-state index >= 15 is 0 Å². The van der Waals surface area contributed by atoms with Crippen molar-refractivity contribution >= 4 is 5.91 Å². The lowest BCUT2D eigenvalue weighted by molar-refractivity contribution is 0.0953. The van der Waals surface area contributed by atoms with Crippen molar-refractivity contribution in [2.45, 2.75) is 6.42 Å². The summed E-state index contributed by atoms with van der Waals surface area (Å²) in [6.07, 6.45) is 2.46. The molecule has 0 aliphatic rings. The Bertz CT molecular complexity index is 432. The van der Waals surface area contributed by atoms with Gasteiger partial charge < -0.3 is 19.5 Å². The van der Waals surface area contributed by atoms with E-state index in [1.807, 2.05) is 0 Å². The Hall–Kier alpha value is -2.17. The molecule has 1 aromatic carbocycles. The predicted molar refractivity (Wildman–Crippen MR) is 73.2 cm³/mol. The van der Waals surface area contributed by atoms with Gasteiger partial charge in [0.05, 0.1) is 21.3 Å². The first-order valence-electron chi connectivity index (χ1n) is 5.87. The van der Waals surface area contributed by atoms with Crippen molar-refractivity contribution in [3.63, 3.8) is 0 Å². The zero-order valence-electron chi connectivity index (χ0n) is 11.5. The molecule has 5 heteroatoms. The van der Waals surface area contributed by atoms with Gasteiger partial charge in [0.25, 0.3) is 5.91 Å². The van der Waals surface area contributed by atoms with Crippen molar-refractivity contribution in [3.8, 4) is 17.2 Å². The van der Waals surface area contributed by atoms with Crippen molar-refractivity contribution in [2.75, 3.05) is 27.9 Å². The van der Waals surface area contributed by atoms with E-state index in [4.69, 9.17) is 14.2 Å². The van der Waals surface area contributed by atoms with Crippen LogP contribution in [0, 0.1) is 0 Å². The van der Waals surface area contributed by atoms with Crippen LogP contribution in [0.15, 0.2) is 24.8 Å². The molecule has 0 atom stereocenters. The fourth-order valence-electron chi connectivity index (χ4n) is 1.60. The number of nitrogens with one attached hydrogen (secondary N) is 1. The van der Waals surface area contributed by atoms with Crippen LogP contribution in [0.1, 0.15) is 16.8 Å². The molecule has 1 rings (SSSR count). The average Bonchev–Trinajstić information content (AvgIpc) is 2.45. The van der Waals surface area contributed by atoms with Crippen LogP contribution in [0.3, 0.4) is 0 Å². The molecule has 104 valence electrons. The monoisotopic (exact) mass is 265 g/mol. The summed E-state index contributed by atoms with van der Waals surface area (Å²) in [5.74, 6) is 1.18. The van der Waals surface area contributed by atoms with E-state index in [2.05, 4.69) is 11.9 Å². The lowest BCUT2D eigenvalue weighted by atomic mass is 10.1. The lowest BCUT2D eigenvalue weighted by Crippen LogP contribution is -2.24. The Labute approximate surface area is 113 Å². The molecule has 0 bridgehead atoms. The van der Waals surface area contributed by atoms with Gasteiger partial charge in [0.1, 0.15) is 0 Å². The van der Waals surface area contributed by atoms with E-state index < -0.39 is 0 Å². The van der Waals surface area contributed by atoms with Crippen LogP contribution in [0.2, 0.25) is 0 Å². The third kappa shape index (κ3) is 3.64. The molecule has 0 fully saturated rings. The van der Waals surface area contributed by atoms with Crippen LogP contribution in [0.4, 0.5) is 0 Å². The van der Waals surface area contributed by atoms with Gasteiger partial charge in [-0.25, -0.2) is 0 Å². The number of carbonyl (C=O) groups excluding carboxylic acids is 1. The molecule has 0 unspecified atom stereocenters. The fourth-order valence-corrected chi connectivity index (χ4v) is 1.60. The second-order valence-corrected chi connectivity index (χ2v) is 3.75. The maximum Gasteiger partial charge on any atom is 0.251 e. The Kier molecular flexibility index (Phi) is 5.73. The van der Waals surface area contributed by atoms with Gasteiger partial charge in [0.15, 0.2) is 11.5 Å². The molecular weight excluding hydrogens is 246 g/mol. The zero-order chi connectivity index (χ0) is 14.3. The number of hydrogen-bond donors (Lipinski definition) is 1. The average molecular weight is 265 g/mol. The molecule has 0 aliphatic heterocycles. The third-order valence-corrected chi connectivity index (χ3v) is 2.56. The van der Waals surface area contributed by atoms with Gasteiger partial charge in [0, 0.05) is 12.1 Å². The van der Waals surface area contributed by atoms with E-state index in [-0.39, 0.29) is 5.91 Å². The van der Waals surface area contributed by atoms with Gasteiger partial charge in [-0.15, -0.1) is 6.58 Å². The number of hydrogen-bond acceptors (Lipinski definition) is 4. The zero-order valence-corrected chi connectivity index (χ0v) is 11.5. The summed E-state index contributed by atoms with van der Waals surface area (Å²) in [7, 11) is 4.54. The minimum Gasteiger partial charge on any atom is -0.493 e. The highest BCUT2D eigenvalue weighted by Gasteiger charge is 2.16. The van der Waals surface area contributed by atoms with Gasteiger partial charge in [0.2, 0.25) is 5.75 Å². The number of methoxy groups -OCH3 is 3. The van der Waals surface area contributed by atoms with Crippen LogP contribution >= 0.6 is 0 Å². The third-order valence-electron chi connectivity index (χ3n) is 2.56. The van der Waals surface area contributed by atoms with Crippen molar-refractivity contribution in [1.29, 1.82) is 0 Å².